The van der Waals surface area contributed by atoms with Gasteiger partial charge in [-0.1, -0.05) is 18.2 Å². The van der Waals surface area contributed by atoms with E-state index in [0.29, 0.717) is 18.5 Å². The second kappa shape index (κ2) is 7.05. The molecule has 2 aromatic carbocycles. The van der Waals surface area contributed by atoms with Gasteiger partial charge in [0.15, 0.2) is 5.78 Å². The molecule has 0 aliphatic carbocycles. The van der Waals surface area contributed by atoms with E-state index < -0.39 is 0 Å². The summed E-state index contributed by atoms with van der Waals surface area (Å²) >= 11 is 3.44. The second-order valence-electron chi connectivity index (χ2n) is 4.62. The van der Waals surface area contributed by atoms with Crippen molar-refractivity contribution in [1.82, 2.24) is 0 Å². The van der Waals surface area contributed by atoms with Crippen molar-refractivity contribution < 1.29 is 4.79 Å². The highest BCUT2D eigenvalue weighted by Crippen LogP contribution is 2.29. The highest BCUT2D eigenvalue weighted by molar-refractivity contribution is 9.10. The molecule has 0 fully saturated rings. The number of rotatable bonds is 5. The van der Waals surface area contributed by atoms with Crippen molar-refractivity contribution in [2.24, 2.45) is 0 Å². The van der Waals surface area contributed by atoms with Crippen LogP contribution in [0.15, 0.2) is 53.0 Å². The van der Waals surface area contributed by atoms with E-state index >= 15 is 0 Å². The molecule has 0 unspecified atom stereocenters. The van der Waals surface area contributed by atoms with Crippen LogP contribution in [0.25, 0.3) is 0 Å². The van der Waals surface area contributed by atoms with Gasteiger partial charge in [0.1, 0.15) is 0 Å². The summed E-state index contributed by atoms with van der Waals surface area (Å²) in [5.74, 6) is 0.0247. The van der Waals surface area contributed by atoms with Crippen LogP contribution in [0.4, 0.5) is 11.4 Å². The topological polar surface area (TPSA) is 44.1 Å². The van der Waals surface area contributed by atoms with Gasteiger partial charge in [-0.2, -0.15) is 5.26 Å². The summed E-state index contributed by atoms with van der Waals surface area (Å²) in [6.45, 7) is 2.15. The Bertz CT molecular complexity index is 677. The molecule has 0 saturated heterocycles. The molecule has 106 valence electrons. The molecule has 0 heterocycles. The van der Waals surface area contributed by atoms with Crippen molar-refractivity contribution in [2.45, 2.75) is 13.3 Å². The number of benzene rings is 2. The van der Waals surface area contributed by atoms with Gasteiger partial charge >= 0.3 is 0 Å². The lowest BCUT2D eigenvalue weighted by molar-refractivity contribution is 0.101. The zero-order valence-corrected chi connectivity index (χ0v) is 13.3. The Morgan fingerprint density at radius 2 is 1.90 bits per heavy atom. The first-order valence-electron chi connectivity index (χ1n) is 6.63. The smallest absolute Gasteiger partial charge is 0.160 e. The van der Waals surface area contributed by atoms with Gasteiger partial charge in [0.2, 0.25) is 0 Å². The molecule has 0 N–H and O–H groups in total. The summed E-state index contributed by atoms with van der Waals surface area (Å²) in [6, 6.07) is 17.7. The van der Waals surface area contributed by atoms with Gasteiger partial charge in [-0.15, -0.1) is 0 Å². The number of nitriles is 1. The van der Waals surface area contributed by atoms with Crippen LogP contribution in [-0.4, -0.2) is 12.3 Å². The fraction of sp³-hybridized carbons (Fsp3) is 0.176. The lowest BCUT2D eigenvalue weighted by Crippen LogP contribution is -2.18. The highest BCUT2D eigenvalue weighted by atomic mass is 79.9. The predicted molar refractivity (Wildman–Crippen MR) is 87.8 cm³/mol. The van der Waals surface area contributed by atoms with E-state index in [1.807, 2.05) is 48.5 Å². The summed E-state index contributed by atoms with van der Waals surface area (Å²) < 4.78 is 0.769. The van der Waals surface area contributed by atoms with E-state index in [1.54, 1.807) is 6.92 Å². The van der Waals surface area contributed by atoms with Crippen LogP contribution in [-0.2, 0) is 0 Å². The zero-order chi connectivity index (χ0) is 15.2. The third-order valence-electron chi connectivity index (χ3n) is 3.16. The molecule has 0 amide bonds. The Morgan fingerprint density at radius 3 is 2.48 bits per heavy atom. The van der Waals surface area contributed by atoms with Crippen molar-refractivity contribution >= 4 is 33.1 Å². The van der Waals surface area contributed by atoms with E-state index in [0.717, 1.165) is 15.8 Å². The molecule has 0 bridgehead atoms. The number of ketones is 1. The Hall–Kier alpha value is -2.12. The average Bonchev–Trinajstić information content (AvgIpc) is 2.48. The Morgan fingerprint density at radius 1 is 1.19 bits per heavy atom. The number of hydrogen-bond donors (Lipinski definition) is 0. The largest absolute Gasteiger partial charge is 0.340 e. The first-order valence-corrected chi connectivity index (χ1v) is 7.43. The average molecular weight is 343 g/mol. The number of Topliss-reactive ketones (excluding diaryl/α,β-unsaturated/α-hetero) is 1. The second-order valence-corrected chi connectivity index (χ2v) is 5.47. The maximum atomic E-state index is 11.5. The minimum absolute atomic E-state index is 0.0247. The molecule has 21 heavy (non-hydrogen) atoms. The van der Waals surface area contributed by atoms with Gasteiger partial charge < -0.3 is 4.90 Å². The summed E-state index contributed by atoms with van der Waals surface area (Å²) in [4.78, 5) is 13.6. The van der Waals surface area contributed by atoms with Gasteiger partial charge in [-0.25, -0.2) is 0 Å². The van der Waals surface area contributed by atoms with Crippen molar-refractivity contribution in [2.75, 3.05) is 11.4 Å². The third kappa shape index (κ3) is 3.71. The van der Waals surface area contributed by atoms with Gasteiger partial charge in [0.25, 0.3) is 0 Å². The van der Waals surface area contributed by atoms with Crippen LogP contribution >= 0.6 is 15.9 Å². The highest BCUT2D eigenvalue weighted by Gasteiger charge is 2.12. The molecule has 0 spiro atoms. The number of para-hydroxylation sites is 1. The summed E-state index contributed by atoms with van der Waals surface area (Å²) in [7, 11) is 0. The first-order chi connectivity index (χ1) is 10.1. The standard InChI is InChI=1S/C17H15BrN2O/c1-13(21)16-9-8-15(12-17(16)18)20(11-5-10-19)14-6-3-2-4-7-14/h2-4,6-9,12H,5,11H2,1H3. The van der Waals surface area contributed by atoms with Crippen molar-refractivity contribution in [3.05, 3.63) is 58.6 Å². The fourth-order valence-corrected chi connectivity index (χ4v) is 2.78. The lowest BCUT2D eigenvalue weighted by atomic mass is 10.1. The Kier molecular flexibility index (Phi) is 5.13. The predicted octanol–water partition coefficient (Wildman–Crippen LogP) is 4.70. The van der Waals surface area contributed by atoms with Crippen LogP contribution in [0.5, 0.6) is 0 Å². The molecule has 4 heteroatoms. The van der Waals surface area contributed by atoms with Crippen LogP contribution < -0.4 is 4.90 Å². The van der Waals surface area contributed by atoms with Gasteiger partial charge in [-0.3, -0.25) is 4.79 Å². The van der Waals surface area contributed by atoms with E-state index in [2.05, 4.69) is 26.9 Å². The van der Waals surface area contributed by atoms with Crippen LogP contribution in [0.3, 0.4) is 0 Å². The molecule has 0 atom stereocenters. The van der Waals surface area contributed by atoms with Crippen molar-refractivity contribution in [3.63, 3.8) is 0 Å². The molecule has 2 aromatic rings. The van der Waals surface area contributed by atoms with Crippen LogP contribution in [0, 0.1) is 11.3 Å². The minimum atomic E-state index is 0.0247. The van der Waals surface area contributed by atoms with Crippen LogP contribution in [0.1, 0.15) is 23.7 Å². The maximum absolute atomic E-state index is 11.5. The van der Waals surface area contributed by atoms with Crippen LogP contribution in [0.2, 0.25) is 0 Å². The summed E-state index contributed by atoms with van der Waals surface area (Å²) in [5.41, 5.74) is 2.63. The molecular formula is C17H15BrN2O. The van der Waals surface area contributed by atoms with E-state index in [4.69, 9.17) is 5.26 Å². The van der Waals surface area contributed by atoms with E-state index in [9.17, 15) is 4.79 Å². The lowest BCUT2D eigenvalue weighted by Gasteiger charge is -2.24. The minimum Gasteiger partial charge on any atom is -0.340 e. The van der Waals surface area contributed by atoms with Crippen molar-refractivity contribution in [1.29, 1.82) is 5.26 Å². The SMILES string of the molecule is CC(=O)c1ccc(N(CCC#N)c2ccccc2)cc1Br. The fourth-order valence-electron chi connectivity index (χ4n) is 2.13. The van der Waals surface area contributed by atoms with E-state index in [-0.39, 0.29) is 5.78 Å². The van der Waals surface area contributed by atoms with Gasteiger partial charge in [0, 0.05) is 28.0 Å². The first kappa shape index (κ1) is 15.3. The molecule has 0 aromatic heterocycles. The zero-order valence-electron chi connectivity index (χ0n) is 11.7. The van der Waals surface area contributed by atoms with Crippen molar-refractivity contribution in [3.8, 4) is 6.07 Å². The molecular weight excluding hydrogens is 328 g/mol. The summed E-state index contributed by atoms with van der Waals surface area (Å²) in [6.07, 6.45) is 0.432. The number of carbonyl (C=O) groups excluding carboxylic acids is 1. The Labute approximate surface area is 132 Å². The van der Waals surface area contributed by atoms with Gasteiger partial charge in [0.05, 0.1) is 12.5 Å². The molecule has 0 aliphatic heterocycles. The Balaban J connectivity index is 2.40. The molecule has 0 radical (unpaired) electrons. The number of halogens is 1. The molecule has 0 saturated carbocycles. The number of anilines is 2. The maximum Gasteiger partial charge on any atom is 0.160 e. The normalized spacial score (nSPS) is 9.95. The quantitative estimate of drug-likeness (QED) is 0.739. The summed E-state index contributed by atoms with van der Waals surface area (Å²) in [5, 5.41) is 8.85. The number of carbonyl (C=O) groups is 1. The molecule has 3 nitrogen and oxygen atoms in total. The number of nitrogens with zero attached hydrogens (tertiary/aromatic N) is 2. The molecule has 0 aliphatic rings. The molecule has 2 rings (SSSR count). The third-order valence-corrected chi connectivity index (χ3v) is 3.81. The monoisotopic (exact) mass is 342 g/mol. The van der Waals surface area contributed by atoms with E-state index in [1.165, 1.54) is 0 Å². The van der Waals surface area contributed by atoms with Gasteiger partial charge in [-0.05, 0) is 53.2 Å². The number of hydrogen-bond acceptors (Lipinski definition) is 3.